The van der Waals surface area contributed by atoms with Gasteiger partial charge < -0.3 is 9.31 Å². The first-order valence-corrected chi connectivity index (χ1v) is 7.17. The quantitative estimate of drug-likeness (QED) is 0.746. The Bertz CT molecular complexity index is 467. The van der Waals surface area contributed by atoms with Gasteiger partial charge in [-0.15, -0.1) is 0 Å². The molecule has 0 N–H and O–H groups in total. The summed E-state index contributed by atoms with van der Waals surface area (Å²) in [7, 11) is -0.0947. The summed E-state index contributed by atoms with van der Waals surface area (Å²) in [6.45, 7) is 10.8. The van der Waals surface area contributed by atoms with E-state index >= 15 is 0 Å². The molecule has 1 saturated heterocycles. The van der Waals surface area contributed by atoms with Crippen LogP contribution in [0.4, 0.5) is 0 Å². The van der Waals surface area contributed by atoms with Gasteiger partial charge in [0, 0.05) is 5.31 Å². The Balaban J connectivity index is 1.79. The van der Waals surface area contributed by atoms with Gasteiger partial charge in [0.05, 0.1) is 11.2 Å². The second-order valence-corrected chi connectivity index (χ2v) is 7.26. The first-order chi connectivity index (χ1) is 8.76. The summed E-state index contributed by atoms with van der Waals surface area (Å²) in [4.78, 5) is 0. The summed E-state index contributed by atoms with van der Waals surface area (Å²) in [5, 5.41) is 0.117. The third-order valence-electron chi connectivity index (χ3n) is 5.27. The van der Waals surface area contributed by atoms with Gasteiger partial charge in [-0.05, 0) is 45.6 Å². The molecule has 3 heteroatoms. The van der Waals surface area contributed by atoms with Crippen LogP contribution in [0.3, 0.4) is 0 Å². The summed E-state index contributed by atoms with van der Waals surface area (Å²) in [6, 6.07) is 10.7. The van der Waals surface area contributed by atoms with Crippen LogP contribution in [0.15, 0.2) is 30.3 Å². The topological polar surface area (TPSA) is 18.5 Å². The van der Waals surface area contributed by atoms with Gasteiger partial charge in [0.1, 0.15) is 0 Å². The van der Waals surface area contributed by atoms with Gasteiger partial charge in [-0.2, -0.15) is 0 Å². The molecule has 2 nitrogen and oxygen atoms in total. The average molecular weight is 258 g/mol. The van der Waals surface area contributed by atoms with Crippen LogP contribution in [0.1, 0.15) is 52.5 Å². The molecule has 0 amide bonds. The molecule has 102 valence electrons. The first kappa shape index (κ1) is 13.2. The second kappa shape index (κ2) is 3.86. The molecule has 0 unspecified atom stereocenters. The minimum absolute atomic E-state index is 0.0947. The third-order valence-corrected chi connectivity index (χ3v) is 5.27. The molecule has 0 aromatic heterocycles. The van der Waals surface area contributed by atoms with Gasteiger partial charge in [-0.25, -0.2) is 0 Å². The Morgan fingerprint density at radius 2 is 1.47 bits per heavy atom. The van der Waals surface area contributed by atoms with E-state index in [1.807, 2.05) is 0 Å². The van der Waals surface area contributed by atoms with Crippen LogP contribution >= 0.6 is 0 Å². The standard InChI is InChI=1S/C16H23BO2/c1-14(2)15(3,4)19-17(18-14)16(5)11-13(16)12-9-7-6-8-10-12/h6-10,13H,11H2,1-5H3/t13-,16+/m0/s1. The number of hydrogen-bond acceptors (Lipinski definition) is 2. The predicted octanol–water partition coefficient (Wildman–Crippen LogP) is 4.03. The van der Waals surface area contributed by atoms with Crippen molar-refractivity contribution in [1.29, 1.82) is 0 Å². The zero-order valence-corrected chi connectivity index (χ0v) is 12.6. The highest BCUT2D eigenvalue weighted by Gasteiger charge is 2.67. The fourth-order valence-corrected chi connectivity index (χ4v) is 2.94. The van der Waals surface area contributed by atoms with Gasteiger partial charge in [0.2, 0.25) is 0 Å². The minimum atomic E-state index is -0.232. The molecule has 0 radical (unpaired) electrons. The third kappa shape index (κ3) is 1.95. The van der Waals surface area contributed by atoms with Crippen molar-refractivity contribution >= 4 is 7.12 Å². The Morgan fingerprint density at radius 1 is 0.947 bits per heavy atom. The maximum absolute atomic E-state index is 6.22. The van der Waals surface area contributed by atoms with Crippen molar-refractivity contribution in [3.05, 3.63) is 35.9 Å². The van der Waals surface area contributed by atoms with Crippen molar-refractivity contribution in [2.45, 2.75) is 63.5 Å². The zero-order valence-electron chi connectivity index (χ0n) is 12.6. The van der Waals surface area contributed by atoms with E-state index in [1.165, 1.54) is 5.56 Å². The van der Waals surface area contributed by atoms with Crippen LogP contribution in [-0.4, -0.2) is 18.3 Å². The SMILES string of the molecule is CC1(C)OB([C@]2(C)C[C@H]2c2ccccc2)OC1(C)C. The van der Waals surface area contributed by atoms with Crippen molar-refractivity contribution in [2.75, 3.05) is 0 Å². The van der Waals surface area contributed by atoms with Crippen LogP contribution < -0.4 is 0 Å². The van der Waals surface area contributed by atoms with Crippen LogP contribution in [-0.2, 0) is 9.31 Å². The van der Waals surface area contributed by atoms with Gasteiger partial charge >= 0.3 is 7.12 Å². The molecule has 1 heterocycles. The average Bonchev–Trinajstić information content (AvgIpc) is 2.96. The summed E-state index contributed by atoms with van der Waals surface area (Å²) in [5.41, 5.74) is 0.939. The molecule has 1 saturated carbocycles. The van der Waals surface area contributed by atoms with Crippen LogP contribution in [0.5, 0.6) is 0 Å². The Kier molecular flexibility index (Phi) is 2.68. The van der Waals surface area contributed by atoms with Crippen molar-refractivity contribution in [2.24, 2.45) is 0 Å². The molecule has 2 fully saturated rings. The highest BCUT2D eigenvalue weighted by Crippen LogP contribution is 2.69. The van der Waals surface area contributed by atoms with Crippen molar-refractivity contribution in [1.82, 2.24) is 0 Å². The van der Waals surface area contributed by atoms with Gasteiger partial charge in [0.25, 0.3) is 0 Å². The summed E-state index contributed by atoms with van der Waals surface area (Å²) in [6.07, 6.45) is 1.15. The molecular weight excluding hydrogens is 235 g/mol. The summed E-state index contributed by atoms with van der Waals surface area (Å²) >= 11 is 0. The zero-order chi connectivity index (χ0) is 13.9. The van der Waals surface area contributed by atoms with E-state index in [0.29, 0.717) is 5.92 Å². The van der Waals surface area contributed by atoms with E-state index in [9.17, 15) is 0 Å². The lowest BCUT2D eigenvalue weighted by atomic mass is 9.67. The lowest BCUT2D eigenvalue weighted by molar-refractivity contribution is 0.00578. The van der Waals surface area contributed by atoms with Crippen molar-refractivity contribution in [3.63, 3.8) is 0 Å². The predicted molar refractivity (Wildman–Crippen MR) is 78.2 cm³/mol. The molecule has 0 bridgehead atoms. The van der Waals surface area contributed by atoms with Gasteiger partial charge in [-0.3, -0.25) is 0 Å². The molecule has 2 aliphatic rings. The highest BCUT2D eigenvalue weighted by molar-refractivity contribution is 6.51. The van der Waals surface area contributed by atoms with E-state index in [0.717, 1.165) is 6.42 Å². The first-order valence-electron chi connectivity index (χ1n) is 7.17. The second-order valence-electron chi connectivity index (χ2n) is 7.26. The molecule has 1 aliphatic carbocycles. The molecule has 1 aliphatic heterocycles. The maximum Gasteiger partial charge on any atom is 0.464 e. The number of rotatable bonds is 2. The monoisotopic (exact) mass is 258 g/mol. The van der Waals surface area contributed by atoms with E-state index in [1.54, 1.807) is 0 Å². The highest BCUT2D eigenvalue weighted by atomic mass is 16.7. The molecule has 2 atom stereocenters. The molecule has 1 aromatic rings. The minimum Gasteiger partial charge on any atom is -0.403 e. The molecule has 0 spiro atoms. The molecule has 3 rings (SSSR count). The van der Waals surface area contributed by atoms with Crippen molar-refractivity contribution in [3.8, 4) is 0 Å². The van der Waals surface area contributed by atoms with E-state index in [4.69, 9.17) is 9.31 Å². The molecule has 19 heavy (non-hydrogen) atoms. The lowest BCUT2D eigenvalue weighted by Crippen LogP contribution is -2.41. The Labute approximate surface area is 116 Å². The number of benzene rings is 1. The van der Waals surface area contributed by atoms with E-state index in [-0.39, 0.29) is 23.6 Å². The smallest absolute Gasteiger partial charge is 0.403 e. The van der Waals surface area contributed by atoms with Crippen molar-refractivity contribution < 1.29 is 9.31 Å². The largest absolute Gasteiger partial charge is 0.464 e. The summed E-state index contributed by atoms with van der Waals surface area (Å²) < 4.78 is 12.4. The van der Waals surface area contributed by atoms with Gasteiger partial charge in [-0.1, -0.05) is 37.3 Å². The fraction of sp³-hybridized carbons (Fsp3) is 0.625. The maximum atomic E-state index is 6.22. The Hall–Kier alpha value is -0.795. The molecule has 1 aromatic carbocycles. The Morgan fingerprint density at radius 3 is 2.00 bits per heavy atom. The van der Waals surface area contributed by atoms with Crippen LogP contribution in [0.25, 0.3) is 0 Å². The van der Waals surface area contributed by atoms with E-state index in [2.05, 4.69) is 65.0 Å². The molecular formula is C16H23BO2. The summed E-state index contributed by atoms with van der Waals surface area (Å²) in [5.74, 6) is 0.559. The van der Waals surface area contributed by atoms with Crippen LogP contribution in [0, 0.1) is 0 Å². The van der Waals surface area contributed by atoms with Crippen LogP contribution in [0.2, 0.25) is 5.31 Å². The number of hydrogen-bond donors (Lipinski definition) is 0. The lowest BCUT2D eigenvalue weighted by Gasteiger charge is -2.32. The normalized spacial score (nSPS) is 35.4. The van der Waals surface area contributed by atoms with Gasteiger partial charge in [0.15, 0.2) is 0 Å². The van der Waals surface area contributed by atoms with E-state index < -0.39 is 0 Å². The fourth-order valence-electron chi connectivity index (χ4n) is 2.94.